The molecule has 0 bridgehead atoms. The zero-order valence-electron chi connectivity index (χ0n) is 16.8. The topological polar surface area (TPSA) is 130 Å². The molecule has 1 atom stereocenters. The highest BCUT2D eigenvalue weighted by atomic mass is 32.2. The second-order valence-electron chi connectivity index (χ2n) is 7.59. The van der Waals surface area contributed by atoms with Gasteiger partial charge in [-0.25, -0.2) is 8.42 Å². The van der Waals surface area contributed by atoms with Crippen LogP contribution in [0.2, 0.25) is 0 Å². The number of nitrogens with zero attached hydrogens (tertiary/aromatic N) is 4. The van der Waals surface area contributed by atoms with Gasteiger partial charge in [-0.1, -0.05) is 30.3 Å². The largest absolute Gasteiger partial charge is 0.368 e. The highest BCUT2D eigenvalue weighted by molar-refractivity contribution is 7.92. The Hall–Kier alpha value is -3.66. The molecule has 0 saturated carbocycles. The first-order valence-corrected chi connectivity index (χ1v) is 11.3. The van der Waals surface area contributed by atoms with Crippen LogP contribution in [0.25, 0.3) is 11.0 Å². The highest BCUT2D eigenvalue weighted by Gasteiger charge is 2.33. The Balaban J connectivity index is 1.54. The first-order valence-electron chi connectivity index (χ1n) is 9.82. The molecule has 2 aromatic carbocycles. The van der Waals surface area contributed by atoms with E-state index in [9.17, 15) is 8.42 Å². The molecule has 1 aliphatic heterocycles. The first kappa shape index (κ1) is 19.3. The average molecular weight is 436 g/mol. The summed E-state index contributed by atoms with van der Waals surface area (Å²) in [5.41, 5.74) is 8.88. The molecule has 4 aromatic rings. The summed E-state index contributed by atoms with van der Waals surface area (Å²) in [4.78, 5) is 8.71. The molecule has 31 heavy (non-hydrogen) atoms. The van der Waals surface area contributed by atoms with Crippen LogP contribution in [0.1, 0.15) is 11.1 Å². The van der Waals surface area contributed by atoms with Crippen molar-refractivity contribution in [2.24, 2.45) is 0 Å². The number of nitrogen functional groups attached to an aromatic ring is 1. The van der Waals surface area contributed by atoms with Crippen molar-refractivity contribution >= 4 is 38.5 Å². The first-order chi connectivity index (χ1) is 14.9. The number of hydrogen-bond donors (Lipinski definition) is 3. The van der Waals surface area contributed by atoms with E-state index < -0.39 is 10.0 Å². The number of rotatable bonds is 4. The Labute approximate surface area is 179 Å². The lowest BCUT2D eigenvalue weighted by atomic mass is 9.99. The van der Waals surface area contributed by atoms with Gasteiger partial charge in [-0.2, -0.15) is 15.1 Å². The van der Waals surface area contributed by atoms with Crippen molar-refractivity contribution in [2.75, 3.05) is 21.9 Å². The standard InChI is InChI=1S/C21H21N7O2S/c1-13-5-4-7-16(9-13)31(29,30)28-12-15(10-14-6-2-3-8-18(14)28)24-19-17-11-23-27-20(17)26-21(22)25-19/h2-9,11,15H,10,12H2,1H3,(H4,22,23,24,25,26,27). The Morgan fingerprint density at radius 1 is 1.16 bits per heavy atom. The molecule has 0 spiro atoms. The normalized spacial score (nSPS) is 16.3. The van der Waals surface area contributed by atoms with E-state index in [1.807, 2.05) is 37.3 Å². The van der Waals surface area contributed by atoms with Crippen molar-refractivity contribution in [1.82, 2.24) is 20.2 Å². The maximum Gasteiger partial charge on any atom is 0.264 e. The van der Waals surface area contributed by atoms with Crippen LogP contribution in [-0.4, -0.2) is 41.2 Å². The number of benzene rings is 2. The van der Waals surface area contributed by atoms with Crippen LogP contribution in [0.15, 0.2) is 59.6 Å². The SMILES string of the molecule is Cc1cccc(S(=O)(=O)N2CC(Nc3nc(N)nc4[nH]ncc34)Cc3ccccc32)c1. The van der Waals surface area contributed by atoms with Crippen LogP contribution >= 0.6 is 0 Å². The monoisotopic (exact) mass is 435 g/mol. The van der Waals surface area contributed by atoms with Gasteiger partial charge in [0.1, 0.15) is 5.82 Å². The molecule has 1 aliphatic rings. The van der Waals surface area contributed by atoms with Crippen molar-refractivity contribution in [3.63, 3.8) is 0 Å². The van der Waals surface area contributed by atoms with E-state index in [-0.39, 0.29) is 23.4 Å². The Kier molecular flexibility index (Phi) is 4.51. The molecule has 0 aliphatic carbocycles. The summed E-state index contributed by atoms with van der Waals surface area (Å²) in [6, 6.07) is 14.3. The van der Waals surface area contributed by atoms with Gasteiger partial charge < -0.3 is 11.1 Å². The van der Waals surface area contributed by atoms with E-state index in [1.165, 1.54) is 4.31 Å². The highest BCUT2D eigenvalue weighted by Crippen LogP contribution is 2.33. The number of sulfonamides is 1. The van der Waals surface area contributed by atoms with Gasteiger partial charge in [0.15, 0.2) is 5.65 Å². The smallest absolute Gasteiger partial charge is 0.264 e. The maximum atomic E-state index is 13.6. The summed E-state index contributed by atoms with van der Waals surface area (Å²) >= 11 is 0. The van der Waals surface area contributed by atoms with Crippen molar-refractivity contribution < 1.29 is 8.42 Å². The van der Waals surface area contributed by atoms with Crippen LogP contribution in [0, 0.1) is 6.92 Å². The number of anilines is 3. The summed E-state index contributed by atoms with van der Waals surface area (Å²) in [6.45, 7) is 2.12. The third kappa shape index (κ3) is 3.44. The van der Waals surface area contributed by atoms with Crippen molar-refractivity contribution in [3.8, 4) is 0 Å². The van der Waals surface area contributed by atoms with Gasteiger partial charge in [-0.05, 0) is 42.7 Å². The third-order valence-corrected chi connectivity index (χ3v) is 7.13. The van der Waals surface area contributed by atoms with Crippen LogP contribution < -0.4 is 15.4 Å². The molecule has 0 saturated heterocycles. The van der Waals surface area contributed by atoms with Gasteiger partial charge in [-0.15, -0.1) is 0 Å². The summed E-state index contributed by atoms with van der Waals surface area (Å²) in [6.07, 6.45) is 2.26. The van der Waals surface area contributed by atoms with E-state index in [2.05, 4.69) is 25.5 Å². The second-order valence-corrected chi connectivity index (χ2v) is 9.45. The Morgan fingerprint density at radius 2 is 2.00 bits per heavy atom. The number of fused-ring (bicyclic) bond motifs is 2. The third-order valence-electron chi connectivity index (χ3n) is 5.36. The minimum Gasteiger partial charge on any atom is -0.368 e. The number of para-hydroxylation sites is 1. The van der Waals surface area contributed by atoms with Gasteiger partial charge in [0.25, 0.3) is 10.0 Å². The lowest BCUT2D eigenvalue weighted by Crippen LogP contribution is -2.45. The molecular formula is C21H21N7O2S. The van der Waals surface area contributed by atoms with Crippen molar-refractivity contribution in [2.45, 2.75) is 24.3 Å². The number of hydrogen-bond acceptors (Lipinski definition) is 7. The fourth-order valence-corrected chi connectivity index (χ4v) is 5.59. The van der Waals surface area contributed by atoms with Gasteiger partial charge in [-0.3, -0.25) is 9.40 Å². The van der Waals surface area contributed by atoms with E-state index in [4.69, 9.17) is 5.73 Å². The fourth-order valence-electron chi connectivity index (χ4n) is 3.94. The van der Waals surface area contributed by atoms with E-state index in [0.29, 0.717) is 29.0 Å². The Bertz CT molecular complexity index is 1380. The van der Waals surface area contributed by atoms with Crippen LogP contribution in [0.5, 0.6) is 0 Å². The van der Waals surface area contributed by atoms with Crippen LogP contribution in [0.4, 0.5) is 17.5 Å². The minimum absolute atomic E-state index is 0.111. The lowest BCUT2D eigenvalue weighted by molar-refractivity contribution is 0.580. The summed E-state index contributed by atoms with van der Waals surface area (Å²) < 4.78 is 28.6. The molecule has 0 radical (unpaired) electrons. The molecule has 0 amide bonds. The molecule has 5 rings (SSSR count). The Morgan fingerprint density at radius 3 is 2.84 bits per heavy atom. The minimum atomic E-state index is -3.75. The molecule has 4 N–H and O–H groups in total. The van der Waals surface area contributed by atoms with E-state index in [1.54, 1.807) is 24.4 Å². The molecule has 3 heterocycles. The van der Waals surface area contributed by atoms with E-state index in [0.717, 1.165) is 11.1 Å². The average Bonchev–Trinajstić information content (AvgIpc) is 3.22. The number of aromatic amines is 1. The summed E-state index contributed by atoms with van der Waals surface area (Å²) in [7, 11) is -3.75. The quantitative estimate of drug-likeness (QED) is 0.449. The maximum absolute atomic E-state index is 13.6. The van der Waals surface area contributed by atoms with Crippen LogP contribution in [-0.2, 0) is 16.4 Å². The predicted molar refractivity (Wildman–Crippen MR) is 119 cm³/mol. The molecular weight excluding hydrogens is 414 g/mol. The van der Waals surface area contributed by atoms with Gasteiger partial charge >= 0.3 is 0 Å². The van der Waals surface area contributed by atoms with Crippen molar-refractivity contribution in [3.05, 3.63) is 65.9 Å². The fraction of sp³-hybridized carbons (Fsp3) is 0.190. The number of nitrogens with two attached hydrogens (primary N) is 1. The second kappa shape index (κ2) is 7.24. The van der Waals surface area contributed by atoms with Crippen LogP contribution in [0.3, 0.4) is 0 Å². The zero-order valence-corrected chi connectivity index (χ0v) is 17.6. The van der Waals surface area contributed by atoms with E-state index >= 15 is 0 Å². The number of nitrogens with one attached hydrogen (secondary N) is 2. The lowest BCUT2D eigenvalue weighted by Gasteiger charge is -2.36. The van der Waals surface area contributed by atoms with Gasteiger partial charge in [0, 0.05) is 0 Å². The molecule has 1 unspecified atom stereocenters. The summed E-state index contributed by atoms with van der Waals surface area (Å²) in [5.74, 6) is 0.633. The predicted octanol–water partition coefficient (Wildman–Crippen LogP) is 2.48. The number of aryl methyl sites for hydroxylation is 1. The molecule has 2 aromatic heterocycles. The number of aromatic nitrogens is 4. The molecule has 10 heteroatoms. The molecule has 158 valence electrons. The molecule has 0 fully saturated rings. The van der Waals surface area contributed by atoms with Gasteiger partial charge in [0.2, 0.25) is 5.95 Å². The summed E-state index contributed by atoms with van der Waals surface area (Å²) in [5, 5.41) is 10.8. The zero-order chi connectivity index (χ0) is 21.6. The number of H-pyrrole nitrogens is 1. The van der Waals surface area contributed by atoms with Gasteiger partial charge in [0.05, 0.1) is 34.8 Å². The molecule has 9 nitrogen and oxygen atoms in total. The van der Waals surface area contributed by atoms with Crippen molar-refractivity contribution in [1.29, 1.82) is 0 Å².